The molecule has 0 aliphatic carbocycles. The van der Waals surface area contributed by atoms with E-state index in [4.69, 9.17) is 98.8 Å². The zero-order valence-corrected chi connectivity index (χ0v) is 81.2. The molecule has 12 fully saturated rings. The SMILES string of the molecule is CC(C)C[Si]12O[Si]3(CC[Si]45O[Si]6(CC(C)C)O[Si]7(CC(C)C)O[Si](CC(C)C)(O4)O[Si]4(CC(C)C)O[Si](CC(C)C)(O5)O[Si](CC(C)C)(O6)O[Si](CC(C)C)(O7)O4)O[Si]4(CC(C)C)O[Si](CC(C)C)(O1)O[Si]1(CC(C)C)O[Si](CC(C)C)(O2)O[Si](CC(C)C)(O3)O[Si](CC(C)C)(O4)O1. The van der Waals surface area contributed by atoms with E-state index < -0.39 is 141 Å². The monoisotopic (exact) mass is 1660 g/mol. The van der Waals surface area contributed by atoms with Gasteiger partial charge in [-0.3, -0.25) is 0 Å². The zero-order valence-electron chi connectivity index (χ0n) is 65.2. The lowest BCUT2D eigenvalue weighted by Gasteiger charge is -2.65. The van der Waals surface area contributed by atoms with Gasteiger partial charge >= 0.3 is 141 Å². The normalized spacial score (nSPS) is 43.9. The first kappa shape index (κ1) is 83.0. The summed E-state index contributed by atoms with van der Waals surface area (Å²) in [7, 11) is -70.2. The minimum Gasteiger partial charge on any atom is -0.373 e. The van der Waals surface area contributed by atoms with Gasteiger partial charge in [-0.05, 0) is 82.9 Å². The summed E-state index contributed by atoms with van der Waals surface area (Å²) < 4.78 is 199. The maximum absolute atomic E-state index is 8.51. The van der Waals surface area contributed by atoms with E-state index in [0.717, 1.165) is 0 Å². The zero-order chi connectivity index (χ0) is 72.4. The highest BCUT2D eigenvalue weighted by Crippen LogP contribution is 2.60. The Morgan fingerprint density at radius 1 is 0.112 bits per heavy atom. The smallest absolute Gasteiger partial charge is 0.373 e. The number of rotatable bonds is 31. The van der Waals surface area contributed by atoms with Crippen LogP contribution in [0.4, 0.5) is 0 Å². The maximum atomic E-state index is 8.51. The second kappa shape index (κ2) is 29.6. The Morgan fingerprint density at radius 2 is 0.173 bits per heavy atom. The lowest BCUT2D eigenvalue weighted by atomic mass is 10.3. The van der Waals surface area contributed by atoms with E-state index in [1.54, 1.807) is 0 Å². The van der Waals surface area contributed by atoms with Gasteiger partial charge in [-0.1, -0.05) is 194 Å². The molecule has 12 aliphatic heterocycles. The molecule has 12 aliphatic rings. The highest BCUT2D eigenvalue weighted by Gasteiger charge is 2.87. The van der Waals surface area contributed by atoms with Gasteiger partial charge in [0.1, 0.15) is 0 Å². The fraction of sp³-hybridized carbons (Fsp3) is 1.00. The molecule has 0 spiro atoms. The Morgan fingerprint density at radius 3 is 0.235 bits per heavy atom. The van der Waals surface area contributed by atoms with Crippen molar-refractivity contribution in [3.63, 3.8) is 0 Å². The van der Waals surface area contributed by atoms with E-state index >= 15 is 0 Å². The Balaban J connectivity index is 1.31. The topological polar surface area (TPSA) is 222 Å². The van der Waals surface area contributed by atoms with Crippen molar-refractivity contribution in [1.29, 1.82) is 0 Å². The summed E-state index contributed by atoms with van der Waals surface area (Å²) in [5.41, 5.74) is 0. The second-order valence-corrected chi connectivity index (χ2v) is 84.4. The van der Waals surface area contributed by atoms with Gasteiger partial charge in [-0.2, -0.15) is 0 Å². The highest BCUT2D eigenvalue weighted by molar-refractivity contribution is 7.06. The predicted octanol–water partition coefficient (Wildman–Crippen LogP) is 15.7. The molecule has 12 saturated heterocycles. The van der Waals surface area contributed by atoms with Crippen LogP contribution in [0.25, 0.3) is 0 Å². The molecule has 0 aromatic carbocycles. The molecule has 0 aromatic heterocycles. The fourth-order valence-corrected chi connectivity index (χ4v) is 120. The third kappa shape index (κ3) is 18.7. The molecule has 16 bridgehead atoms. The average Bonchev–Trinajstić information content (AvgIpc) is 0.690. The van der Waals surface area contributed by atoms with Crippen molar-refractivity contribution in [3.05, 3.63) is 0 Å². The van der Waals surface area contributed by atoms with Crippen LogP contribution >= 0.6 is 0 Å². The predicted molar refractivity (Wildman–Crippen MR) is 403 cm³/mol. The van der Waals surface area contributed by atoms with Gasteiger partial charge in [0.2, 0.25) is 0 Å². The molecule has 0 unspecified atom stereocenters. The van der Waals surface area contributed by atoms with Crippen LogP contribution in [-0.4, -0.2) is 141 Å². The first-order chi connectivity index (χ1) is 45.0. The lowest BCUT2D eigenvalue weighted by molar-refractivity contribution is -0.0425. The van der Waals surface area contributed by atoms with Crippen LogP contribution in [-0.2, 0) is 98.8 Å². The standard InChI is InChI=1S/C58H130O24Si16/c1-45(2)31-85-59-83(60-86(32-46(3)4)67-91(65-85,37-51(13)14)77-97(43-57(25)26)78-92(66-85,38-52(15)16)68-87(61-83,33-47(5)6)70-93(69-86,79-97)39-53(17)18)29-30-84-62-88(34-48(7)8)71-94(40-54(19)20)73-89(63-84,35-49(9)10)75-96(42-56(23)24)76-90(64-84,36-50(11)12)74-95(72-88,41-55(21)22)81-98(80-94,82-96)44-58(27)28/h45-58H,29-44H2,1-28H3. The maximum Gasteiger partial charge on any atom is 0.479 e. The van der Waals surface area contributed by atoms with Crippen LogP contribution < -0.4 is 0 Å². The fourth-order valence-electron chi connectivity index (χ4n) is 16.0. The molecule has 570 valence electrons. The molecule has 12 rings (SSSR count). The molecule has 0 amide bonds. The summed E-state index contributed by atoms with van der Waals surface area (Å²) in [5.74, 6) is -0.399. The molecule has 0 saturated carbocycles. The second-order valence-electron chi connectivity index (χ2n) is 36.2. The number of hydrogen-bond donors (Lipinski definition) is 0. The van der Waals surface area contributed by atoms with Crippen molar-refractivity contribution in [2.75, 3.05) is 0 Å². The molecule has 0 aromatic rings. The molecule has 24 nitrogen and oxygen atoms in total. The van der Waals surface area contributed by atoms with E-state index in [0.29, 0.717) is 84.6 Å². The summed E-state index contributed by atoms with van der Waals surface area (Å²) >= 11 is 0. The van der Waals surface area contributed by atoms with Crippen molar-refractivity contribution < 1.29 is 98.8 Å². The molecular formula is C58H130O24Si16. The first-order valence-electron chi connectivity index (χ1n) is 37.8. The van der Waals surface area contributed by atoms with Gasteiger partial charge in [-0.15, -0.1) is 0 Å². The van der Waals surface area contributed by atoms with E-state index in [1.807, 2.05) is 0 Å². The van der Waals surface area contributed by atoms with Gasteiger partial charge in [0.05, 0.1) is 0 Å². The van der Waals surface area contributed by atoms with Crippen molar-refractivity contribution >= 4 is 141 Å². The summed E-state index contributed by atoms with van der Waals surface area (Å²) in [4.78, 5) is 0. The molecule has 0 radical (unpaired) electrons. The minimum absolute atomic E-state index is 0.00841. The van der Waals surface area contributed by atoms with E-state index in [9.17, 15) is 0 Å². The van der Waals surface area contributed by atoms with Crippen molar-refractivity contribution in [2.24, 2.45) is 82.9 Å². The van der Waals surface area contributed by atoms with Crippen LogP contribution in [0.2, 0.25) is 96.7 Å². The molecule has 0 atom stereocenters. The van der Waals surface area contributed by atoms with Crippen molar-refractivity contribution in [2.45, 2.75) is 291 Å². The van der Waals surface area contributed by atoms with Crippen LogP contribution in [0.1, 0.15) is 194 Å². The minimum atomic E-state index is -4.81. The Kier molecular flexibility index (Phi) is 25.1. The van der Waals surface area contributed by atoms with Gasteiger partial charge in [0.25, 0.3) is 0 Å². The Labute approximate surface area is 608 Å². The van der Waals surface area contributed by atoms with Gasteiger partial charge in [-0.25, -0.2) is 0 Å². The molecule has 98 heavy (non-hydrogen) atoms. The van der Waals surface area contributed by atoms with Crippen LogP contribution in [0.3, 0.4) is 0 Å². The van der Waals surface area contributed by atoms with E-state index in [2.05, 4.69) is 194 Å². The third-order valence-electron chi connectivity index (χ3n) is 17.4. The molecular weight excluding hydrogens is 1530 g/mol. The Bertz CT molecular complexity index is 2260. The highest BCUT2D eigenvalue weighted by atomic mass is 28.6. The lowest BCUT2D eigenvalue weighted by Crippen LogP contribution is -2.89. The molecule has 0 N–H and O–H groups in total. The molecule has 12 heterocycles. The van der Waals surface area contributed by atoms with Crippen molar-refractivity contribution in [3.8, 4) is 0 Å². The van der Waals surface area contributed by atoms with E-state index in [-0.39, 0.29) is 94.9 Å². The van der Waals surface area contributed by atoms with Crippen LogP contribution in [0.15, 0.2) is 0 Å². The van der Waals surface area contributed by atoms with Crippen molar-refractivity contribution in [1.82, 2.24) is 0 Å². The average molecular weight is 1660 g/mol. The van der Waals surface area contributed by atoms with E-state index in [1.165, 1.54) is 0 Å². The largest absolute Gasteiger partial charge is 0.479 e. The van der Waals surface area contributed by atoms with Crippen LogP contribution in [0.5, 0.6) is 0 Å². The van der Waals surface area contributed by atoms with Crippen LogP contribution in [0, 0.1) is 82.9 Å². The summed E-state index contributed by atoms with van der Waals surface area (Å²) in [6.45, 7) is 60.7. The third-order valence-corrected chi connectivity index (χ3v) is 97.8. The summed E-state index contributed by atoms with van der Waals surface area (Å²) in [6.07, 6.45) is 0. The van der Waals surface area contributed by atoms with Gasteiger partial charge in [0.15, 0.2) is 0 Å². The Hall–Kier alpha value is 2.51. The summed E-state index contributed by atoms with van der Waals surface area (Å²) in [5, 5.41) is 0. The quantitative estimate of drug-likeness (QED) is 0.0589. The van der Waals surface area contributed by atoms with Gasteiger partial charge in [0, 0.05) is 96.7 Å². The number of hydrogen-bond acceptors (Lipinski definition) is 24. The van der Waals surface area contributed by atoms with Gasteiger partial charge < -0.3 is 98.8 Å². The summed E-state index contributed by atoms with van der Waals surface area (Å²) in [6, 6.07) is 4.80. The molecule has 40 heteroatoms. The first-order valence-corrected chi connectivity index (χ1v) is 68.7.